The van der Waals surface area contributed by atoms with Gasteiger partial charge in [-0.2, -0.15) is 8.42 Å². The molecule has 1 saturated heterocycles. The molecule has 1 aliphatic rings. The number of aliphatic hydroxyl groups excluding tert-OH is 3. The van der Waals surface area contributed by atoms with Crippen molar-refractivity contribution in [2.45, 2.75) is 230 Å². The molecular formula is C51H88O12S. The molecule has 6 unspecified atom stereocenters. The van der Waals surface area contributed by atoms with Crippen LogP contribution in [0.5, 0.6) is 0 Å². The van der Waals surface area contributed by atoms with Crippen LogP contribution in [-0.2, 0) is 38.7 Å². The second-order valence-electron chi connectivity index (χ2n) is 17.1. The van der Waals surface area contributed by atoms with E-state index < -0.39 is 71.2 Å². The lowest BCUT2D eigenvalue weighted by Crippen LogP contribution is -2.60. The van der Waals surface area contributed by atoms with Crippen LogP contribution in [0.15, 0.2) is 60.8 Å². The molecule has 0 aromatic rings. The summed E-state index contributed by atoms with van der Waals surface area (Å²) in [6.45, 7) is 3.62. The Morgan fingerprint density at radius 2 is 0.984 bits per heavy atom. The zero-order valence-electron chi connectivity index (χ0n) is 39.6. The van der Waals surface area contributed by atoms with Gasteiger partial charge in [0.25, 0.3) is 10.1 Å². The number of carbonyl (C=O) groups is 2. The molecule has 1 rings (SSSR count). The van der Waals surface area contributed by atoms with E-state index >= 15 is 0 Å². The molecule has 6 atom stereocenters. The lowest BCUT2D eigenvalue weighted by Gasteiger charge is -2.40. The molecule has 0 spiro atoms. The predicted octanol–water partition coefficient (Wildman–Crippen LogP) is 10.9. The van der Waals surface area contributed by atoms with Gasteiger partial charge in [0.15, 0.2) is 12.4 Å². The van der Waals surface area contributed by atoms with Gasteiger partial charge >= 0.3 is 11.9 Å². The Bertz CT molecular complexity index is 1410. The summed E-state index contributed by atoms with van der Waals surface area (Å²) in [5, 5.41) is 31.0. The van der Waals surface area contributed by atoms with Gasteiger partial charge < -0.3 is 34.3 Å². The van der Waals surface area contributed by atoms with Crippen LogP contribution >= 0.6 is 0 Å². The maximum absolute atomic E-state index is 12.9. The van der Waals surface area contributed by atoms with Gasteiger partial charge in [0.05, 0.1) is 6.61 Å². The first-order chi connectivity index (χ1) is 31.0. The molecule has 0 aliphatic carbocycles. The van der Waals surface area contributed by atoms with Crippen molar-refractivity contribution in [3.8, 4) is 0 Å². The van der Waals surface area contributed by atoms with E-state index in [0.717, 1.165) is 96.3 Å². The van der Waals surface area contributed by atoms with Crippen molar-refractivity contribution in [3.63, 3.8) is 0 Å². The van der Waals surface area contributed by atoms with Crippen molar-refractivity contribution >= 4 is 22.1 Å². The van der Waals surface area contributed by atoms with E-state index in [2.05, 4.69) is 74.6 Å². The van der Waals surface area contributed by atoms with Crippen molar-refractivity contribution < 1.29 is 56.8 Å². The number of unbranched alkanes of at least 4 members (excludes halogenated alkanes) is 19. The van der Waals surface area contributed by atoms with Crippen molar-refractivity contribution in [1.29, 1.82) is 0 Å². The second kappa shape index (κ2) is 40.6. The summed E-state index contributed by atoms with van der Waals surface area (Å²) in [5.41, 5.74) is 0. The van der Waals surface area contributed by atoms with E-state index in [0.29, 0.717) is 12.8 Å². The summed E-state index contributed by atoms with van der Waals surface area (Å²) in [6.07, 6.45) is 41.1. The third kappa shape index (κ3) is 34.7. The molecule has 1 aliphatic heterocycles. The summed E-state index contributed by atoms with van der Waals surface area (Å²) in [6, 6.07) is 0. The highest BCUT2D eigenvalue weighted by molar-refractivity contribution is 7.85. The Morgan fingerprint density at radius 3 is 1.47 bits per heavy atom. The minimum absolute atomic E-state index is 0.150. The van der Waals surface area contributed by atoms with E-state index in [1.165, 1.54) is 57.8 Å². The number of aliphatic hydroxyl groups is 3. The third-order valence-electron chi connectivity index (χ3n) is 11.1. The number of hydrogen-bond donors (Lipinski definition) is 4. The first-order valence-corrected chi connectivity index (χ1v) is 26.5. The van der Waals surface area contributed by atoms with Crippen LogP contribution < -0.4 is 0 Å². The zero-order valence-corrected chi connectivity index (χ0v) is 40.4. The van der Waals surface area contributed by atoms with E-state index in [-0.39, 0.29) is 19.4 Å². The average molecular weight is 925 g/mol. The van der Waals surface area contributed by atoms with Gasteiger partial charge in [-0.3, -0.25) is 14.1 Å². The van der Waals surface area contributed by atoms with Crippen LogP contribution in [0, 0.1) is 0 Å². The Morgan fingerprint density at radius 1 is 0.547 bits per heavy atom. The normalized spacial score (nSPS) is 20.1. The topological polar surface area (TPSA) is 186 Å². The van der Waals surface area contributed by atoms with E-state index in [1.54, 1.807) is 0 Å². The van der Waals surface area contributed by atoms with Crippen LogP contribution in [0.3, 0.4) is 0 Å². The zero-order chi connectivity index (χ0) is 46.9. The SMILES string of the molecule is CC/C=C\C/C=C\C/C=C\CCCCCCCCCC(=O)OC(COC(=O)CCCCCCCCCCC/C=C\C/C=C\CCCCC)COC1OC(CS(=O)(=O)O)C(O)C(O)C1O. The van der Waals surface area contributed by atoms with Gasteiger partial charge in [0.1, 0.15) is 36.8 Å². The average Bonchev–Trinajstić information content (AvgIpc) is 3.26. The highest BCUT2D eigenvalue weighted by Gasteiger charge is 2.46. The Balaban J connectivity index is 2.40. The molecule has 0 radical (unpaired) electrons. The fraction of sp³-hybridized carbons (Fsp3) is 0.765. The lowest BCUT2D eigenvalue weighted by molar-refractivity contribution is -0.297. The molecule has 0 aromatic carbocycles. The Labute approximate surface area is 387 Å². The number of esters is 2. The quantitative estimate of drug-likeness (QED) is 0.0197. The maximum atomic E-state index is 12.9. The van der Waals surface area contributed by atoms with Gasteiger partial charge in [-0.25, -0.2) is 0 Å². The van der Waals surface area contributed by atoms with Crippen molar-refractivity contribution in [2.24, 2.45) is 0 Å². The lowest BCUT2D eigenvalue weighted by atomic mass is 10.00. The largest absolute Gasteiger partial charge is 0.462 e. The highest BCUT2D eigenvalue weighted by atomic mass is 32.2. The minimum Gasteiger partial charge on any atom is -0.462 e. The molecule has 370 valence electrons. The summed E-state index contributed by atoms with van der Waals surface area (Å²) < 4.78 is 54.2. The molecule has 4 N–H and O–H groups in total. The first kappa shape index (κ1) is 59.4. The van der Waals surface area contributed by atoms with Gasteiger partial charge in [0.2, 0.25) is 0 Å². The molecule has 12 nitrogen and oxygen atoms in total. The molecule has 0 bridgehead atoms. The number of allylic oxidation sites excluding steroid dienone is 10. The van der Waals surface area contributed by atoms with Crippen LogP contribution in [0.25, 0.3) is 0 Å². The fourth-order valence-corrected chi connectivity index (χ4v) is 7.94. The highest BCUT2D eigenvalue weighted by Crippen LogP contribution is 2.24. The fourth-order valence-electron chi connectivity index (χ4n) is 7.25. The van der Waals surface area contributed by atoms with Gasteiger partial charge in [-0.15, -0.1) is 0 Å². The Hall–Kier alpha value is -2.65. The van der Waals surface area contributed by atoms with E-state index in [4.69, 9.17) is 18.9 Å². The summed E-state index contributed by atoms with van der Waals surface area (Å²) >= 11 is 0. The van der Waals surface area contributed by atoms with Gasteiger partial charge in [-0.1, -0.05) is 164 Å². The van der Waals surface area contributed by atoms with E-state index in [9.17, 15) is 37.9 Å². The number of carbonyl (C=O) groups excluding carboxylic acids is 2. The smallest absolute Gasteiger partial charge is 0.306 e. The van der Waals surface area contributed by atoms with Crippen LogP contribution in [0.4, 0.5) is 0 Å². The molecular weight excluding hydrogens is 837 g/mol. The molecule has 0 amide bonds. The molecule has 64 heavy (non-hydrogen) atoms. The predicted molar refractivity (Wildman–Crippen MR) is 256 cm³/mol. The summed E-state index contributed by atoms with van der Waals surface area (Å²) in [7, 11) is -4.61. The van der Waals surface area contributed by atoms with Crippen molar-refractivity contribution in [1.82, 2.24) is 0 Å². The maximum Gasteiger partial charge on any atom is 0.306 e. The summed E-state index contributed by atoms with van der Waals surface area (Å²) in [4.78, 5) is 25.5. The molecule has 13 heteroatoms. The number of rotatable bonds is 41. The van der Waals surface area contributed by atoms with Crippen LogP contribution in [0.2, 0.25) is 0 Å². The van der Waals surface area contributed by atoms with E-state index in [1.807, 2.05) is 0 Å². The molecule has 1 heterocycles. The standard InChI is InChI=1S/C51H88O12S/c1-3-5-7-9-11-13-15-17-19-21-22-24-25-27-29-31-33-35-37-39-46(52)60-41-44(42-61-51-50(56)49(55)48(54)45(63-51)43-64(57,58)59)62-47(53)40-38-36-34-32-30-28-26-23-20-18-16-14-12-10-8-6-4-2/h6,8,11-14,17-20,44-45,48-51,54-56H,3-5,7,9-10,15-16,21-43H2,1-2H3,(H,57,58,59)/b8-6-,13-11-,14-12-,19-17-,20-18-. The van der Waals surface area contributed by atoms with Crippen molar-refractivity contribution in [3.05, 3.63) is 60.8 Å². The molecule has 0 aromatic heterocycles. The summed E-state index contributed by atoms with van der Waals surface area (Å²) in [5.74, 6) is -2.00. The first-order valence-electron chi connectivity index (χ1n) is 24.8. The minimum atomic E-state index is -4.61. The monoisotopic (exact) mass is 925 g/mol. The molecule has 1 fully saturated rings. The van der Waals surface area contributed by atoms with Gasteiger partial charge in [0, 0.05) is 12.8 Å². The van der Waals surface area contributed by atoms with Crippen LogP contribution in [-0.4, -0.2) is 96.0 Å². The number of ether oxygens (including phenoxy) is 4. The second-order valence-corrected chi connectivity index (χ2v) is 18.6. The number of hydrogen-bond acceptors (Lipinski definition) is 11. The van der Waals surface area contributed by atoms with Crippen LogP contribution in [0.1, 0.15) is 194 Å². The molecule has 0 saturated carbocycles. The van der Waals surface area contributed by atoms with Crippen molar-refractivity contribution in [2.75, 3.05) is 19.0 Å². The van der Waals surface area contributed by atoms with Gasteiger partial charge in [-0.05, 0) is 77.0 Å². The third-order valence-corrected chi connectivity index (χ3v) is 11.8. The Kier molecular flexibility index (Phi) is 37.7.